The fourth-order valence-corrected chi connectivity index (χ4v) is 3.49. The third-order valence-corrected chi connectivity index (χ3v) is 4.79. The molecule has 1 N–H and O–H groups in total. The van der Waals surface area contributed by atoms with E-state index in [4.69, 9.17) is 0 Å². The van der Waals surface area contributed by atoms with Crippen molar-refractivity contribution in [1.82, 2.24) is 19.3 Å². The van der Waals surface area contributed by atoms with Gasteiger partial charge in [-0.1, -0.05) is 0 Å². The SMILES string of the molecule is Cc1c([C@@H]2C3=C(CCCC3=O)Nc3ncnn32)cc(C#N)n1C. The molecule has 1 aliphatic heterocycles. The van der Waals surface area contributed by atoms with E-state index in [1.54, 1.807) is 4.68 Å². The lowest BCUT2D eigenvalue weighted by atomic mass is 9.85. The molecule has 0 amide bonds. The molecule has 0 aromatic carbocycles. The van der Waals surface area contributed by atoms with Gasteiger partial charge in [0.2, 0.25) is 5.95 Å². The van der Waals surface area contributed by atoms with Crippen LogP contribution in [-0.2, 0) is 11.8 Å². The summed E-state index contributed by atoms with van der Waals surface area (Å²) in [5.74, 6) is 0.789. The molecule has 3 heterocycles. The number of aromatic nitrogens is 4. The first-order valence-electron chi connectivity index (χ1n) is 7.61. The highest BCUT2D eigenvalue weighted by Crippen LogP contribution is 2.40. The highest BCUT2D eigenvalue weighted by molar-refractivity contribution is 5.99. The van der Waals surface area contributed by atoms with Crippen molar-refractivity contribution in [3.8, 4) is 6.07 Å². The molecular formula is C16H16N6O. The Morgan fingerprint density at radius 2 is 2.26 bits per heavy atom. The number of carbonyl (C=O) groups is 1. The molecule has 7 heteroatoms. The summed E-state index contributed by atoms with van der Waals surface area (Å²) in [6, 6.07) is 3.73. The van der Waals surface area contributed by atoms with E-state index in [0.717, 1.165) is 35.4 Å². The molecule has 23 heavy (non-hydrogen) atoms. The van der Waals surface area contributed by atoms with Crippen molar-refractivity contribution >= 4 is 11.7 Å². The summed E-state index contributed by atoms with van der Waals surface area (Å²) in [4.78, 5) is 16.8. The van der Waals surface area contributed by atoms with E-state index in [-0.39, 0.29) is 11.8 Å². The Hall–Kier alpha value is -2.88. The minimum Gasteiger partial charge on any atom is -0.340 e. The van der Waals surface area contributed by atoms with Gasteiger partial charge in [0.05, 0.1) is 0 Å². The highest BCUT2D eigenvalue weighted by Gasteiger charge is 2.37. The van der Waals surface area contributed by atoms with Crippen LogP contribution in [0.1, 0.15) is 42.3 Å². The van der Waals surface area contributed by atoms with Crippen LogP contribution in [0.4, 0.5) is 5.95 Å². The van der Waals surface area contributed by atoms with Crippen LogP contribution in [0.2, 0.25) is 0 Å². The Morgan fingerprint density at radius 1 is 1.43 bits per heavy atom. The zero-order valence-corrected chi connectivity index (χ0v) is 13.0. The summed E-state index contributed by atoms with van der Waals surface area (Å²) >= 11 is 0. The van der Waals surface area contributed by atoms with Gasteiger partial charge in [-0.15, -0.1) is 0 Å². The topological polar surface area (TPSA) is 88.5 Å². The predicted molar refractivity (Wildman–Crippen MR) is 82.5 cm³/mol. The van der Waals surface area contributed by atoms with E-state index < -0.39 is 0 Å². The highest BCUT2D eigenvalue weighted by atomic mass is 16.1. The Kier molecular flexibility index (Phi) is 2.88. The molecule has 1 aliphatic carbocycles. The summed E-state index contributed by atoms with van der Waals surface area (Å²) in [5, 5.41) is 16.8. The molecule has 0 bridgehead atoms. The van der Waals surface area contributed by atoms with Gasteiger partial charge in [0.1, 0.15) is 24.1 Å². The zero-order valence-electron chi connectivity index (χ0n) is 13.0. The number of carbonyl (C=O) groups excluding carboxylic acids is 1. The maximum Gasteiger partial charge on any atom is 0.226 e. The maximum atomic E-state index is 12.6. The number of hydrogen-bond donors (Lipinski definition) is 1. The van der Waals surface area contributed by atoms with Gasteiger partial charge in [-0.25, -0.2) is 4.68 Å². The number of nitrogens with zero attached hydrogens (tertiary/aromatic N) is 5. The van der Waals surface area contributed by atoms with Crippen LogP contribution in [0.5, 0.6) is 0 Å². The van der Waals surface area contributed by atoms with Gasteiger partial charge < -0.3 is 9.88 Å². The summed E-state index contributed by atoms with van der Waals surface area (Å²) in [7, 11) is 1.86. The van der Waals surface area contributed by atoms with Crippen LogP contribution in [-0.4, -0.2) is 25.1 Å². The van der Waals surface area contributed by atoms with Crippen LogP contribution in [0.15, 0.2) is 23.7 Å². The average molecular weight is 308 g/mol. The summed E-state index contributed by atoms with van der Waals surface area (Å²) in [5.41, 5.74) is 4.16. The lowest BCUT2D eigenvalue weighted by Gasteiger charge is -2.32. The van der Waals surface area contributed by atoms with E-state index in [0.29, 0.717) is 18.1 Å². The molecule has 2 aromatic rings. The van der Waals surface area contributed by atoms with Gasteiger partial charge in [-0.3, -0.25) is 4.79 Å². The van der Waals surface area contributed by atoms with Crippen molar-refractivity contribution in [2.75, 3.05) is 5.32 Å². The van der Waals surface area contributed by atoms with Gasteiger partial charge in [0, 0.05) is 36.0 Å². The van der Waals surface area contributed by atoms with Crippen LogP contribution in [0.3, 0.4) is 0 Å². The molecule has 0 saturated heterocycles. The monoisotopic (exact) mass is 308 g/mol. The second-order valence-electron chi connectivity index (χ2n) is 5.97. The van der Waals surface area contributed by atoms with Crippen molar-refractivity contribution in [2.45, 2.75) is 32.2 Å². The molecule has 0 unspecified atom stereocenters. The number of nitrogens with one attached hydrogen (secondary N) is 1. The molecular weight excluding hydrogens is 292 g/mol. The fraction of sp³-hybridized carbons (Fsp3) is 0.375. The third kappa shape index (κ3) is 1.84. The van der Waals surface area contributed by atoms with Crippen molar-refractivity contribution < 1.29 is 4.79 Å². The first-order valence-corrected chi connectivity index (χ1v) is 7.61. The molecule has 0 radical (unpaired) electrons. The summed E-state index contributed by atoms with van der Waals surface area (Å²) in [6.07, 6.45) is 3.73. The van der Waals surface area contributed by atoms with Crippen LogP contribution >= 0.6 is 0 Å². The molecule has 4 rings (SSSR count). The van der Waals surface area contributed by atoms with E-state index in [1.807, 2.05) is 24.6 Å². The lowest BCUT2D eigenvalue weighted by Crippen LogP contribution is -2.31. The minimum atomic E-state index is -0.315. The summed E-state index contributed by atoms with van der Waals surface area (Å²) in [6.45, 7) is 1.96. The van der Waals surface area contributed by atoms with Gasteiger partial charge >= 0.3 is 0 Å². The third-order valence-electron chi connectivity index (χ3n) is 4.79. The van der Waals surface area contributed by atoms with Gasteiger partial charge in [-0.05, 0) is 25.8 Å². The molecule has 7 nitrogen and oxygen atoms in total. The van der Waals surface area contributed by atoms with E-state index >= 15 is 0 Å². The Bertz CT molecular complexity index is 894. The Balaban J connectivity index is 1.97. The predicted octanol–water partition coefficient (Wildman–Crippen LogP) is 1.82. The number of anilines is 1. The molecule has 2 aromatic heterocycles. The number of nitriles is 1. The second kappa shape index (κ2) is 4.81. The van der Waals surface area contributed by atoms with E-state index in [1.165, 1.54) is 6.33 Å². The molecule has 2 aliphatic rings. The van der Waals surface area contributed by atoms with Crippen LogP contribution in [0.25, 0.3) is 0 Å². The molecule has 0 saturated carbocycles. The molecule has 1 atom stereocenters. The van der Waals surface area contributed by atoms with Gasteiger partial charge in [0.15, 0.2) is 5.78 Å². The van der Waals surface area contributed by atoms with Crippen LogP contribution in [0, 0.1) is 18.3 Å². The standard InChI is InChI=1S/C16H16N6O/c1-9-11(6-10(7-17)21(9)2)15-14-12(4-3-5-13(14)23)20-16-18-8-19-22(15)16/h6,8,15H,3-5H2,1-2H3,(H,18,19,20)/t15-/m1/s1. The molecule has 116 valence electrons. The number of hydrogen-bond acceptors (Lipinski definition) is 5. The number of ketones is 1. The number of fused-ring (bicyclic) bond motifs is 1. The summed E-state index contributed by atoms with van der Waals surface area (Å²) < 4.78 is 3.59. The number of allylic oxidation sites excluding steroid dienone is 2. The minimum absolute atomic E-state index is 0.145. The van der Waals surface area contributed by atoms with E-state index in [2.05, 4.69) is 21.5 Å². The Labute approximate surface area is 133 Å². The average Bonchev–Trinajstić information content (AvgIpc) is 3.11. The maximum absolute atomic E-state index is 12.6. The molecule has 0 spiro atoms. The van der Waals surface area contributed by atoms with Crippen molar-refractivity contribution in [2.24, 2.45) is 7.05 Å². The first-order chi connectivity index (χ1) is 11.1. The largest absolute Gasteiger partial charge is 0.340 e. The fourth-order valence-electron chi connectivity index (χ4n) is 3.49. The lowest BCUT2D eigenvalue weighted by molar-refractivity contribution is -0.116. The van der Waals surface area contributed by atoms with Crippen LogP contribution < -0.4 is 5.32 Å². The number of Topliss-reactive ketones (excluding diaryl/α,β-unsaturated/α-hetero) is 1. The first kappa shape index (κ1) is 13.8. The normalized spacial score (nSPS) is 19.9. The van der Waals surface area contributed by atoms with Gasteiger partial charge in [-0.2, -0.15) is 15.3 Å². The smallest absolute Gasteiger partial charge is 0.226 e. The van der Waals surface area contributed by atoms with Crippen molar-refractivity contribution in [3.05, 3.63) is 40.6 Å². The quantitative estimate of drug-likeness (QED) is 0.868. The zero-order chi connectivity index (χ0) is 16.1. The Morgan fingerprint density at radius 3 is 3.00 bits per heavy atom. The second-order valence-corrected chi connectivity index (χ2v) is 5.97. The van der Waals surface area contributed by atoms with Crippen molar-refractivity contribution in [3.63, 3.8) is 0 Å². The number of rotatable bonds is 1. The molecule has 0 fully saturated rings. The van der Waals surface area contributed by atoms with Gasteiger partial charge in [0.25, 0.3) is 0 Å². The van der Waals surface area contributed by atoms with Crippen molar-refractivity contribution in [1.29, 1.82) is 5.26 Å². The van der Waals surface area contributed by atoms with E-state index in [9.17, 15) is 10.1 Å².